The van der Waals surface area contributed by atoms with E-state index < -0.39 is 14.9 Å². The molecule has 0 aromatic heterocycles. The van der Waals surface area contributed by atoms with E-state index in [2.05, 4.69) is 5.32 Å². The second-order valence-corrected chi connectivity index (χ2v) is 6.30. The highest BCUT2D eigenvalue weighted by Gasteiger charge is 2.22. The molecule has 0 heterocycles. The van der Waals surface area contributed by atoms with Crippen molar-refractivity contribution in [2.24, 2.45) is 0 Å². The third-order valence-electron chi connectivity index (χ3n) is 2.51. The summed E-state index contributed by atoms with van der Waals surface area (Å²) in [5.41, 5.74) is 0.0842. The first-order chi connectivity index (χ1) is 8.80. The van der Waals surface area contributed by atoms with Crippen molar-refractivity contribution in [3.63, 3.8) is 0 Å². The van der Waals surface area contributed by atoms with Crippen LogP contribution < -0.4 is 5.32 Å². The van der Waals surface area contributed by atoms with Gasteiger partial charge in [0.05, 0.1) is 9.82 Å². The number of anilines is 1. The molecule has 0 saturated heterocycles. The van der Waals surface area contributed by atoms with Crippen molar-refractivity contribution in [1.29, 1.82) is 0 Å². The fraction of sp³-hybridized carbons (Fsp3) is 0.455. The van der Waals surface area contributed by atoms with E-state index in [9.17, 15) is 18.5 Å². The molecule has 0 radical (unpaired) electrons. The standard InChI is InChI=1S/C11H17N3O4S/c1-4-7-12-10-6-5-9(8-11(10)14(15)16)19(17,18)13(2)3/h5-6,8,12H,4,7H2,1-3H3. The Morgan fingerprint density at radius 3 is 2.47 bits per heavy atom. The van der Waals surface area contributed by atoms with Crippen LogP contribution in [-0.4, -0.2) is 38.3 Å². The van der Waals surface area contributed by atoms with Gasteiger partial charge in [-0.2, -0.15) is 0 Å². The highest BCUT2D eigenvalue weighted by atomic mass is 32.2. The molecular formula is C11H17N3O4S. The number of nitrogens with one attached hydrogen (secondary N) is 1. The third kappa shape index (κ3) is 3.42. The zero-order chi connectivity index (χ0) is 14.6. The van der Waals surface area contributed by atoms with Crippen LogP contribution in [0.4, 0.5) is 11.4 Å². The second kappa shape index (κ2) is 5.98. The fourth-order valence-corrected chi connectivity index (χ4v) is 2.37. The van der Waals surface area contributed by atoms with E-state index in [4.69, 9.17) is 0 Å². The first-order valence-electron chi connectivity index (χ1n) is 5.75. The maximum Gasteiger partial charge on any atom is 0.293 e. The molecule has 0 bridgehead atoms. The van der Waals surface area contributed by atoms with Crippen LogP contribution in [0.1, 0.15) is 13.3 Å². The fourth-order valence-electron chi connectivity index (χ4n) is 1.44. The molecule has 0 amide bonds. The van der Waals surface area contributed by atoms with Crippen LogP contribution >= 0.6 is 0 Å². The van der Waals surface area contributed by atoms with Crippen molar-refractivity contribution in [3.8, 4) is 0 Å². The quantitative estimate of drug-likeness (QED) is 0.634. The molecule has 8 heteroatoms. The van der Waals surface area contributed by atoms with Crippen LogP contribution in [0, 0.1) is 10.1 Å². The average Bonchev–Trinajstić information content (AvgIpc) is 2.35. The number of nitro benzene ring substituents is 1. The Morgan fingerprint density at radius 1 is 1.37 bits per heavy atom. The SMILES string of the molecule is CCCNc1ccc(S(=O)(=O)N(C)C)cc1[N+](=O)[O-]. The van der Waals surface area contributed by atoms with Crippen LogP contribution in [0.15, 0.2) is 23.1 Å². The van der Waals surface area contributed by atoms with Gasteiger partial charge < -0.3 is 5.32 Å². The normalized spacial score (nSPS) is 11.6. The van der Waals surface area contributed by atoms with Gasteiger partial charge in [-0.1, -0.05) is 6.92 Å². The van der Waals surface area contributed by atoms with Crippen LogP contribution in [0.25, 0.3) is 0 Å². The number of nitrogens with zero attached hydrogens (tertiary/aromatic N) is 2. The number of rotatable bonds is 6. The summed E-state index contributed by atoms with van der Waals surface area (Å²) >= 11 is 0. The monoisotopic (exact) mass is 287 g/mol. The molecule has 0 unspecified atom stereocenters. The molecule has 106 valence electrons. The van der Waals surface area contributed by atoms with Gasteiger partial charge in [-0.05, 0) is 18.6 Å². The highest BCUT2D eigenvalue weighted by Crippen LogP contribution is 2.28. The van der Waals surface area contributed by atoms with Crippen molar-refractivity contribution in [2.75, 3.05) is 26.0 Å². The van der Waals surface area contributed by atoms with Gasteiger partial charge in [-0.3, -0.25) is 10.1 Å². The molecule has 19 heavy (non-hydrogen) atoms. The maximum absolute atomic E-state index is 11.9. The van der Waals surface area contributed by atoms with Crippen LogP contribution in [0.2, 0.25) is 0 Å². The zero-order valence-electron chi connectivity index (χ0n) is 11.1. The molecule has 1 aromatic carbocycles. The number of hydrogen-bond donors (Lipinski definition) is 1. The van der Waals surface area contributed by atoms with Gasteiger partial charge in [0.2, 0.25) is 10.0 Å². The molecule has 0 spiro atoms. The van der Waals surface area contributed by atoms with E-state index in [1.165, 1.54) is 26.2 Å². The van der Waals surface area contributed by atoms with Crippen molar-refractivity contribution in [1.82, 2.24) is 4.31 Å². The number of sulfonamides is 1. The Labute approximate surface area is 112 Å². The Balaban J connectivity index is 3.28. The summed E-state index contributed by atoms with van der Waals surface area (Å²) in [5.74, 6) is 0. The minimum atomic E-state index is -3.67. The third-order valence-corrected chi connectivity index (χ3v) is 4.32. The summed E-state index contributed by atoms with van der Waals surface area (Å²) in [4.78, 5) is 10.3. The molecule has 0 fully saturated rings. The summed E-state index contributed by atoms with van der Waals surface area (Å²) in [6.45, 7) is 2.52. The summed E-state index contributed by atoms with van der Waals surface area (Å²) in [7, 11) is -0.910. The second-order valence-electron chi connectivity index (χ2n) is 4.15. The first-order valence-corrected chi connectivity index (χ1v) is 7.19. The van der Waals surface area contributed by atoms with Crippen molar-refractivity contribution < 1.29 is 13.3 Å². The molecule has 0 aliphatic heterocycles. The Hall–Kier alpha value is -1.67. The average molecular weight is 287 g/mol. The van der Waals surface area contributed by atoms with E-state index >= 15 is 0 Å². The smallest absolute Gasteiger partial charge is 0.293 e. The minimum Gasteiger partial charge on any atom is -0.380 e. The van der Waals surface area contributed by atoms with Crippen molar-refractivity contribution in [2.45, 2.75) is 18.2 Å². The summed E-state index contributed by atoms with van der Waals surface area (Å²) in [5, 5.41) is 13.9. The largest absolute Gasteiger partial charge is 0.380 e. The van der Waals surface area contributed by atoms with Gasteiger partial charge in [0.25, 0.3) is 5.69 Å². The summed E-state index contributed by atoms with van der Waals surface area (Å²) in [6, 6.07) is 3.86. The molecule has 0 aliphatic carbocycles. The van der Waals surface area contributed by atoms with E-state index in [0.717, 1.165) is 16.8 Å². The summed E-state index contributed by atoms with van der Waals surface area (Å²) in [6.07, 6.45) is 0.814. The number of nitro groups is 1. The van der Waals surface area contributed by atoms with Gasteiger partial charge in [0.1, 0.15) is 5.69 Å². The van der Waals surface area contributed by atoms with Gasteiger partial charge in [-0.25, -0.2) is 12.7 Å². The Morgan fingerprint density at radius 2 is 2.00 bits per heavy atom. The molecule has 0 aliphatic rings. The lowest BCUT2D eigenvalue weighted by atomic mass is 10.2. The molecule has 0 saturated carbocycles. The van der Waals surface area contributed by atoms with Crippen LogP contribution in [0.3, 0.4) is 0 Å². The Bertz CT molecular complexity index is 569. The van der Waals surface area contributed by atoms with E-state index in [-0.39, 0.29) is 10.6 Å². The highest BCUT2D eigenvalue weighted by molar-refractivity contribution is 7.89. The maximum atomic E-state index is 11.9. The zero-order valence-corrected chi connectivity index (χ0v) is 11.9. The van der Waals surface area contributed by atoms with Gasteiger partial charge in [-0.15, -0.1) is 0 Å². The number of benzene rings is 1. The lowest BCUT2D eigenvalue weighted by Crippen LogP contribution is -2.22. The van der Waals surface area contributed by atoms with Crippen LogP contribution in [0.5, 0.6) is 0 Å². The van der Waals surface area contributed by atoms with Crippen LogP contribution in [-0.2, 0) is 10.0 Å². The molecular weight excluding hydrogens is 270 g/mol. The Kier molecular flexibility index (Phi) is 4.84. The molecule has 1 rings (SSSR count). The first kappa shape index (κ1) is 15.4. The van der Waals surface area contributed by atoms with E-state index in [1.807, 2.05) is 6.92 Å². The van der Waals surface area contributed by atoms with Crippen molar-refractivity contribution in [3.05, 3.63) is 28.3 Å². The van der Waals surface area contributed by atoms with Gasteiger partial charge in [0.15, 0.2) is 0 Å². The lowest BCUT2D eigenvalue weighted by Gasteiger charge is -2.12. The topological polar surface area (TPSA) is 92.6 Å². The predicted octanol–water partition coefficient (Wildman–Crippen LogP) is 1.67. The molecule has 7 nitrogen and oxygen atoms in total. The molecule has 1 N–H and O–H groups in total. The molecule has 0 atom stereocenters. The minimum absolute atomic E-state index is 0.0914. The number of hydrogen-bond acceptors (Lipinski definition) is 5. The lowest BCUT2D eigenvalue weighted by molar-refractivity contribution is -0.384. The van der Waals surface area contributed by atoms with Crippen molar-refractivity contribution >= 4 is 21.4 Å². The van der Waals surface area contributed by atoms with E-state index in [1.54, 1.807) is 0 Å². The van der Waals surface area contributed by atoms with Gasteiger partial charge in [0, 0.05) is 26.7 Å². The van der Waals surface area contributed by atoms with E-state index in [0.29, 0.717) is 12.2 Å². The summed E-state index contributed by atoms with van der Waals surface area (Å²) < 4.78 is 24.8. The molecule has 1 aromatic rings. The predicted molar refractivity (Wildman–Crippen MR) is 72.7 cm³/mol. The van der Waals surface area contributed by atoms with Gasteiger partial charge >= 0.3 is 0 Å².